The molecule has 21 heavy (non-hydrogen) atoms. The molecule has 0 aromatic carbocycles. The topological polar surface area (TPSA) is 74.1 Å². The van der Waals surface area contributed by atoms with Crippen LogP contribution in [0.25, 0.3) is 11.2 Å². The van der Waals surface area contributed by atoms with Gasteiger partial charge in [0.1, 0.15) is 5.52 Å². The molecule has 1 aliphatic heterocycles. The Morgan fingerprint density at radius 3 is 2.86 bits per heavy atom. The summed E-state index contributed by atoms with van der Waals surface area (Å²) in [5.74, 6) is 0.546. The number of ether oxygens (including phenoxy) is 1. The van der Waals surface area contributed by atoms with Crippen molar-refractivity contribution >= 4 is 17.1 Å². The third kappa shape index (κ3) is 2.51. The van der Waals surface area contributed by atoms with E-state index in [0.717, 1.165) is 56.2 Å². The third-order valence-corrected chi connectivity index (χ3v) is 4.18. The molecule has 1 unspecified atom stereocenters. The van der Waals surface area contributed by atoms with Crippen molar-refractivity contribution in [2.24, 2.45) is 0 Å². The molecular weight excluding hydrogens is 268 g/mol. The van der Waals surface area contributed by atoms with Crippen LogP contribution in [-0.4, -0.2) is 56.6 Å². The summed E-state index contributed by atoms with van der Waals surface area (Å²) in [7, 11) is 0. The van der Waals surface area contributed by atoms with Crippen LogP contribution in [0.5, 0.6) is 0 Å². The van der Waals surface area contributed by atoms with Crippen molar-refractivity contribution in [3.8, 4) is 0 Å². The molecule has 116 valence electrons. The van der Waals surface area contributed by atoms with Gasteiger partial charge in [0, 0.05) is 19.6 Å². The Labute approximate surface area is 124 Å². The molecule has 1 aliphatic rings. The minimum atomic E-state index is 0.152. The summed E-state index contributed by atoms with van der Waals surface area (Å²) >= 11 is 0. The van der Waals surface area contributed by atoms with E-state index >= 15 is 0 Å². The number of hydrogen-bond acceptors (Lipinski definition) is 5. The van der Waals surface area contributed by atoms with E-state index in [2.05, 4.69) is 28.8 Å². The number of imidazole rings is 1. The number of nitrogens with zero attached hydrogens (tertiary/aromatic N) is 5. The van der Waals surface area contributed by atoms with Gasteiger partial charge in [-0.1, -0.05) is 6.92 Å². The molecule has 3 rings (SSSR count). The molecule has 1 fully saturated rings. The lowest BCUT2D eigenvalue weighted by molar-refractivity contribution is -0.0336. The Morgan fingerprint density at radius 1 is 1.33 bits per heavy atom. The van der Waals surface area contributed by atoms with Crippen molar-refractivity contribution in [3.05, 3.63) is 5.69 Å². The largest absolute Gasteiger partial charge is 0.374 e. The normalized spacial score (nSPS) is 20.4. The molecule has 0 bridgehead atoms. The number of fused-ring (bicyclic) bond motifs is 1. The lowest BCUT2D eigenvalue weighted by atomic mass is 10.2. The number of rotatable bonds is 4. The fourth-order valence-corrected chi connectivity index (χ4v) is 3.02. The molecule has 1 saturated heterocycles. The van der Waals surface area contributed by atoms with E-state index in [1.807, 2.05) is 16.2 Å². The number of aromatic nitrogens is 4. The Balaban J connectivity index is 1.91. The summed E-state index contributed by atoms with van der Waals surface area (Å²) in [6.45, 7) is 11.6. The number of likely N-dealkylation sites (N-methyl/N-ethyl adjacent to an activating group) is 1. The number of anilines is 1. The fourth-order valence-electron chi connectivity index (χ4n) is 3.02. The molecule has 3 heterocycles. The van der Waals surface area contributed by atoms with Crippen LogP contribution >= 0.6 is 0 Å². The fraction of sp³-hybridized carbons (Fsp3) is 0.714. The minimum absolute atomic E-state index is 0.152. The van der Waals surface area contributed by atoms with E-state index in [0.29, 0.717) is 5.95 Å². The van der Waals surface area contributed by atoms with Crippen molar-refractivity contribution in [3.63, 3.8) is 0 Å². The monoisotopic (exact) mass is 292 g/mol. The highest BCUT2D eigenvalue weighted by Gasteiger charge is 2.23. The number of hydrogen-bond donors (Lipinski definition) is 1. The summed E-state index contributed by atoms with van der Waals surface area (Å²) in [5, 5.41) is 4.52. The number of nitrogens with two attached hydrogens (primary N) is 1. The maximum atomic E-state index is 6.12. The Bertz CT molecular complexity index is 631. The van der Waals surface area contributed by atoms with Gasteiger partial charge < -0.3 is 10.5 Å². The molecule has 0 aliphatic carbocycles. The summed E-state index contributed by atoms with van der Waals surface area (Å²) in [4.78, 5) is 6.88. The van der Waals surface area contributed by atoms with Gasteiger partial charge in [0.05, 0.1) is 24.9 Å². The smallest absolute Gasteiger partial charge is 0.202 e. The second-order valence-corrected chi connectivity index (χ2v) is 5.54. The number of nitrogen functional groups attached to an aromatic ring is 1. The average Bonchev–Trinajstić information content (AvgIpc) is 2.97. The van der Waals surface area contributed by atoms with Gasteiger partial charge in [0.25, 0.3) is 0 Å². The predicted octanol–water partition coefficient (Wildman–Crippen LogP) is 0.864. The molecule has 0 saturated carbocycles. The van der Waals surface area contributed by atoms with E-state index in [1.165, 1.54) is 0 Å². The first-order chi connectivity index (χ1) is 10.1. The van der Waals surface area contributed by atoms with Gasteiger partial charge in [0.15, 0.2) is 5.65 Å². The van der Waals surface area contributed by atoms with Crippen molar-refractivity contribution in [2.45, 2.75) is 40.0 Å². The Kier molecular flexibility index (Phi) is 3.86. The Hall–Kier alpha value is -1.60. The zero-order valence-electron chi connectivity index (χ0n) is 13.0. The highest BCUT2D eigenvalue weighted by Crippen LogP contribution is 2.22. The molecule has 7 heteroatoms. The third-order valence-electron chi connectivity index (χ3n) is 4.18. The van der Waals surface area contributed by atoms with Gasteiger partial charge in [0.2, 0.25) is 5.95 Å². The van der Waals surface area contributed by atoms with Crippen LogP contribution in [-0.2, 0) is 17.8 Å². The van der Waals surface area contributed by atoms with Gasteiger partial charge in [-0.25, -0.2) is 9.67 Å². The molecule has 0 amide bonds. The molecular formula is C14H24N6O. The second kappa shape index (κ2) is 5.65. The predicted molar refractivity (Wildman–Crippen MR) is 82.2 cm³/mol. The SMILES string of the molecule is CCN1CCOC(Cn2c(N)nc3c(C)nn(CC)c32)C1. The van der Waals surface area contributed by atoms with Crippen LogP contribution in [0.4, 0.5) is 5.95 Å². The van der Waals surface area contributed by atoms with Crippen LogP contribution < -0.4 is 5.73 Å². The standard InChI is InChI=1S/C14H24N6O/c1-4-18-6-7-21-11(8-18)9-19-13-12(16-14(19)15)10(3)17-20(13)5-2/h11H,4-9H2,1-3H3,(H2,15,16). The first-order valence-electron chi connectivity index (χ1n) is 7.67. The van der Waals surface area contributed by atoms with E-state index < -0.39 is 0 Å². The number of aryl methyl sites for hydroxylation is 2. The van der Waals surface area contributed by atoms with Crippen molar-refractivity contribution < 1.29 is 4.74 Å². The van der Waals surface area contributed by atoms with E-state index in [-0.39, 0.29) is 6.10 Å². The first kappa shape index (κ1) is 14.3. The Morgan fingerprint density at radius 2 is 2.14 bits per heavy atom. The highest BCUT2D eigenvalue weighted by atomic mass is 16.5. The summed E-state index contributed by atoms with van der Waals surface area (Å²) in [6, 6.07) is 0. The summed E-state index contributed by atoms with van der Waals surface area (Å²) in [6.07, 6.45) is 0.152. The zero-order valence-corrected chi connectivity index (χ0v) is 13.0. The highest BCUT2D eigenvalue weighted by molar-refractivity contribution is 5.77. The molecule has 0 spiro atoms. The quantitative estimate of drug-likeness (QED) is 0.905. The average molecular weight is 292 g/mol. The first-order valence-corrected chi connectivity index (χ1v) is 7.67. The second-order valence-electron chi connectivity index (χ2n) is 5.54. The van der Waals surface area contributed by atoms with Crippen LogP contribution in [0.2, 0.25) is 0 Å². The van der Waals surface area contributed by atoms with Gasteiger partial charge >= 0.3 is 0 Å². The van der Waals surface area contributed by atoms with Gasteiger partial charge in [-0.3, -0.25) is 9.47 Å². The molecule has 2 aromatic rings. The van der Waals surface area contributed by atoms with E-state index in [4.69, 9.17) is 10.5 Å². The zero-order chi connectivity index (χ0) is 15.0. The molecule has 2 N–H and O–H groups in total. The molecule has 1 atom stereocenters. The molecule has 0 radical (unpaired) electrons. The van der Waals surface area contributed by atoms with Crippen LogP contribution in [0.1, 0.15) is 19.5 Å². The minimum Gasteiger partial charge on any atom is -0.374 e. The number of morpholine rings is 1. The maximum absolute atomic E-state index is 6.12. The van der Waals surface area contributed by atoms with E-state index in [1.54, 1.807) is 0 Å². The van der Waals surface area contributed by atoms with Crippen LogP contribution in [0.15, 0.2) is 0 Å². The lowest BCUT2D eigenvalue weighted by Crippen LogP contribution is -2.44. The lowest BCUT2D eigenvalue weighted by Gasteiger charge is -2.32. The summed E-state index contributed by atoms with van der Waals surface area (Å²) in [5.41, 5.74) is 8.95. The van der Waals surface area contributed by atoms with Crippen LogP contribution in [0.3, 0.4) is 0 Å². The van der Waals surface area contributed by atoms with Gasteiger partial charge in [-0.15, -0.1) is 0 Å². The molecule has 2 aromatic heterocycles. The van der Waals surface area contributed by atoms with Gasteiger partial charge in [-0.2, -0.15) is 5.10 Å². The van der Waals surface area contributed by atoms with Crippen molar-refractivity contribution in [2.75, 3.05) is 32.0 Å². The summed E-state index contributed by atoms with van der Waals surface area (Å²) < 4.78 is 9.90. The van der Waals surface area contributed by atoms with E-state index in [9.17, 15) is 0 Å². The van der Waals surface area contributed by atoms with Gasteiger partial charge in [-0.05, 0) is 20.4 Å². The van der Waals surface area contributed by atoms with Crippen LogP contribution in [0, 0.1) is 6.92 Å². The van der Waals surface area contributed by atoms with Crippen molar-refractivity contribution in [1.29, 1.82) is 0 Å². The molecule has 7 nitrogen and oxygen atoms in total. The maximum Gasteiger partial charge on any atom is 0.202 e. The van der Waals surface area contributed by atoms with Crippen molar-refractivity contribution in [1.82, 2.24) is 24.2 Å².